The Morgan fingerprint density at radius 3 is 2.40 bits per heavy atom. The predicted molar refractivity (Wildman–Crippen MR) is 50.2 cm³/mol. The summed E-state index contributed by atoms with van der Waals surface area (Å²) >= 11 is 0. The molecule has 0 heterocycles. The van der Waals surface area contributed by atoms with Crippen LogP contribution in [0, 0.1) is 0 Å². The Labute approximate surface area is 85.9 Å². The second-order valence-corrected chi connectivity index (χ2v) is 3.25. The second kappa shape index (κ2) is 4.54. The fraction of sp³-hybridized carbons (Fsp3) is 0.455. The van der Waals surface area contributed by atoms with Crippen LogP contribution in [0.15, 0.2) is 34.8 Å². The molecule has 0 spiro atoms. The summed E-state index contributed by atoms with van der Waals surface area (Å²) in [6.45, 7) is 1.89. The third-order valence-electron chi connectivity index (χ3n) is 2.00. The van der Waals surface area contributed by atoms with Crippen molar-refractivity contribution in [3.63, 3.8) is 0 Å². The summed E-state index contributed by atoms with van der Waals surface area (Å²) in [7, 11) is 0. The normalized spacial score (nSPS) is 17.4. The number of allylic oxidation sites excluding steroid dienone is 2. The zero-order valence-corrected chi connectivity index (χ0v) is 8.23. The number of hydrogen-bond donors (Lipinski definition) is 1. The molecule has 0 amide bonds. The summed E-state index contributed by atoms with van der Waals surface area (Å²) < 4.78 is 36.5. The van der Waals surface area contributed by atoms with E-state index in [0.717, 1.165) is 12.5 Å². The first-order chi connectivity index (χ1) is 6.95. The zero-order valence-electron chi connectivity index (χ0n) is 8.23. The van der Waals surface area contributed by atoms with Crippen molar-refractivity contribution in [2.75, 3.05) is 0 Å². The van der Waals surface area contributed by atoms with E-state index in [1.54, 1.807) is 0 Å². The van der Waals surface area contributed by atoms with Crippen LogP contribution in [-0.4, -0.2) is 17.4 Å². The highest BCUT2D eigenvalue weighted by Gasteiger charge is 2.32. The van der Waals surface area contributed by atoms with Crippen molar-refractivity contribution in [2.45, 2.75) is 32.0 Å². The van der Waals surface area contributed by atoms with E-state index in [1.807, 2.05) is 12.7 Å². The molecule has 1 aliphatic rings. The number of alkyl halides is 3. The first-order valence-electron chi connectivity index (χ1n) is 4.64. The minimum Gasteiger partial charge on any atom is -0.388 e. The van der Waals surface area contributed by atoms with Crippen LogP contribution < -0.4 is 0 Å². The maximum absolute atomic E-state index is 12.2. The quantitative estimate of drug-likeness (QED) is 0.719. The van der Waals surface area contributed by atoms with E-state index >= 15 is 0 Å². The molecule has 0 saturated heterocycles. The molecule has 1 aliphatic carbocycles. The standard InChI is InChI=1S/C11H11F3O/c1-2-3-10(15)8-4-6-9(7-5-8)11(12,13)14/h4,6,10,15H,2-3H2,1H3. The number of hydrogen-bond acceptors (Lipinski definition) is 1. The monoisotopic (exact) mass is 216 g/mol. The highest BCUT2D eigenvalue weighted by molar-refractivity contribution is 5.36. The fourth-order valence-corrected chi connectivity index (χ4v) is 1.18. The predicted octanol–water partition coefficient (Wildman–Crippen LogP) is 2.89. The van der Waals surface area contributed by atoms with E-state index in [-0.39, 0.29) is 0 Å². The first kappa shape index (κ1) is 11.9. The largest absolute Gasteiger partial charge is 0.424 e. The topological polar surface area (TPSA) is 20.2 Å². The smallest absolute Gasteiger partial charge is 0.388 e. The van der Waals surface area contributed by atoms with Gasteiger partial charge in [0, 0.05) is 5.57 Å². The molecule has 0 aromatic carbocycles. The molecule has 0 aromatic heterocycles. The van der Waals surface area contributed by atoms with Crippen molar-refractivity contribution in [3.8, 4) is 0 Å². The van der Waals surface area contributed by atoms with Gasteiger partial charge in [0.25, 0.3) is 0 Å². The molecule has 1 atom stereocenters. The molecule has 0 fully saturated rings. The Hall–Kier alpha value is -1.21. The second-order valence-electron chi connectivity index (χ2n) is 3.25. The van der Waals surface area contributed by atoms with Crippen molar-refractivity contribution >= 4 is 0 Å². The summed E-state index contributed by atoms with van der Waals surface area (Å²) in [6, 6.07) is 0. The van der Waals surface area contributed by atoms with Crippen LogP contribution in [-0.2, 0) is 0 Å². The van der Waals surface area contributed by atoms with Gasteiger partial charge in [0.15, 0.2) is 0 Å². The highest BCUT2D eigenvalue weighted by Crippen LogP contribution is 2.27. The van der Waals surface area contributed by atoms with Gasteiger partial charge in [-0.1, -0.05) is 24.8 Å². The van der Waals surface area contributed by atoms with Crippen LogP contribution in [0.2, 0.25) is 0 Å². The molecule has 0 bridgehead atoms. The van der Waals surface area contributed by atoms with Gasteiger partial charge in [-0.3, -0.25) is 0 Å². The van der Waals surface area contributed by atoms with Crippen LogP contribution in [0.1, 0.15) is 19.8 Å². The van der Waals surface area contributed by atoms with Crippen molar-refractivity contribution in [2.24, 2.45) is 0 Å². The van der Waals surface area contributed by atoms with Gasteiger partial charge in [-0.15, -0.1) is 0 Å². The Bertz CT molecular complexity index is 364. The van der Waals surface area contributed by atoms with E-state index in [2.05, 4.69) is 5.73 Å². The maximum Gasteiger partial charge on any atom is 0.424 e. The molecule has 15 heavy (non-hydrogen) atoms. The van der Waals surface area contributed by atoms with E-state index < -0.39 is 17.9 Å². The van der Waals surface area contributed by atoms with Gasteiger partial charge in [-0.05, 0) is 18.6 Å². The average molecular weight is 216 g/mol. The number of halogens is 3. The summed E-state index contributed by atoms with van der Waals surface area (Å²) in [6.07, 6.45) is -1.74. The lowest BCUT2D eigenvalue weighted by molar-refractivity contribution is -0.0880. The van der Waals surface area contributed by atoms with Crippen molar-refractivity contribution in [1.82, 2.24) is 0 Å². The lowest BCUT2D eigenvalue weighted by Crippen LogP contribution is -2.12. The molecule has 1 N–H and O–H groups in total. The Morgan fingerprint density at radius 2 is 2.00 bits per heavy atom. The molecule has 1 rings (SSSR count). The third-order valence-corrected chi connectivity index (χ3v) is 2.00. The van der Waals surface area contributed by atoms with Gasteiger partial charge in [0.2, 0.25) is 0 Å². The summed E-state index contributed by atoms with van der Waals surface area (Å²) in [4.78, 5) is 0. The minimum absolute atomic E-state index is 0.352. The molecule has 0 radical (unpaired) electrons. The van der Waals surface area contributed by atoms with Crippen LogP contribution in [0.5, 0.6) is 0 Å². The van der Waals surface area contributed by atoms with Gasteiger partial charge in [0.05, 0.1) is 6.10 Å². The summed E-state index contributed by atoms with van der Waals surface area (Å²) in [5.74, 6) is 0. The van der Waals surface area contributed by atoms with Crippen LogP contribution >= 0.6 is 0 Å². The van der Waals surface area contributed by atoms with Crippen molar-refractivity contribution in [1.29, 1.82) is 0 Å². The molecule has 1 unspecified atom stereocenters. The van der Waals surface area contributed by atoms with E-state index in [0.29, 0.717) is 12.0 Å². The minimum atomic E-state index is -4.40. The van der Waals surface area contributed by atoms with E-state index in [9.17, 15) is 18.3 Å². The van der Waals surface area contributed by atoms with Gasteiger partial charge < -0.3 is 5.11 Å². The Morgan fingerprint density at radius 1 is 1.33 bits per heavy atom. The highest BCUT2D eigenvalue weighted by atomic mass is 19.4. The van der Waals surface area contributed by atoms with Gasteiger partial charge in [-0.25, -0.2) is 0 Å². The molecular weight excluding hydrogens is 205 g/mol. The molecule has 0 aromatic rings. The molecule has 4 heteroatoms. The molecular formula is C11H11F3O. The average Bonchev–Trinajstić information content (AvgIpc) is 2.17. The maximum atomic E-state index is 12.2. The zero-order chi connectivity index (χ0) is 11.5. The number of rotatable bonds is 3. The van der Waals surface area contributed by atoms with E-state index in [4.69, 9.17) is 0 Å². The molecule has 0 saturated carbocycles. The van der Waals surface area contributed by atoms with Gasteiger partial charge in [0.1, 0.15) is 5.57 Å². The van der Waals surface area contributed by atoms with Crippen LogP contribution in [0.4, 0.5) is 13.2 Å². The first-order valence-corrected chi connectivity index (χ1v) is 4.64. The van der Waals surface area contributed by atoms with E-state index in [1.165, 1.54) is 6.08 Å². The van der Waals surface area contributed by atoms with Crippen LogP contribution in [0.3, 0.4) is 0 Å². The van der Waals surface area contributed by atoms with Crippen molar-refractivity contribution < 1.29 is 18.3 Å². The Balaban J connectivity index is 2.95. The lowest BCUT2D eigenvalue weighted by Gasteiger charge is -2.10. The third kappa shape index (κ3) is 3.14. The molecule has 0 aliphatic heterocycles. The summed E-state index contributed by atoms with van der Waals surface area (Å²) in [5.41, 5.74) is 3.83. The summed E-state index contributed by atoms with van der Waals surface area (Å²) in [5, 5.41) is 9.48. The van der Waals surface area contributed by atoms with Gasteiger partial charge in [-0.2, -0.15) is 13.2 Å². The van der Waals surface area contributed by atoms with Crippen molar-refractivity contribution in [3.05, 3.63) is 34.8 Å². The number of aliphatic hydroxyl groups excluding tert-OH is 1. The SMILES string of the molecule is CCCC(O)C1=C=C=C(C(F)(F)F)C=C1. The molecule has 82 valence electrons. The molecule has 1 nitrogen and oxygen atoms in total. The fourth-order valence-electron chi connectivity index (χ4n) is 1.18. The van der Waals surface area contributed by atoms with Crippen LogP contribution in [0.25, 0.3) is 0 Å². The Kier molecular flexibility index (Phi) is 3.59. The lowest BCUT2D eigenvalue weighted by atomic mass is 10.0. The van der Waals surface area contributed by atoms with Gasteiger partial charge >= 0.3 is 6.18 Å². The number of aliphatic hydroxyl groups is 1.